The van der Waals surface area contributed by atoms with Crippen LogP contribution < -0.4 is 18.9 Å². The van der Waals surface area contributed by atoms with Crippen LogP contribution in [0.3, 0.4) is 0 Å². The third-order valence-corrected chi connectivity index (χ3v) is 3.74. The van der Waals surface area contributed by atoms with Crippen molar-refractivity contribution in [1.82, 2.24) is 0 Å². The number of hydrogen-bond acceptors (Lipinski definition) is 7. The van der Waals surface area contributed by atoms with E-state index < -0.39 is 0 Å². The fourth-order valence-electron chi connectivity index (χ4n) is 2.53. The molecule has 7 nitrogen and oxygen atoms in total. The standard InChI is InChI=1S/C18H18O7/c1-3-15-17(24-11-22-15)5-13(1)7-19-9-21-10-20-8-14-2-4-16-18(6-14)25-12-23-16/h1-6H,7-12H2. The van der Waals surface area contributed by atoms with E-state index in [9.17, 15) is 0 Å². The minimum absolute atomic E-state index is 0.148. The normalized spacial score (nSPS) is 14.1. The van der Waals surface area contributed by atoms with E-state index in [1.54, 1.807) is 0 Å². The zero-order valence-electron chi connectivity index (χ0n) is 13.6. The topological polar surface area (TPSA) is 64.6 Å². The summed E-state index contributed by atoms with van der Waals surface area (Å²) in [5.74, 6) is 3.01. The van der Waals surface area contributed by atoms with E-state index >= 15 is 0 Å². The Morgan fingerprint density at radius 1 is 0.600 bits per heavy atom. The molecule has 0 fully saturated rings. The second kappa shape index (κ2) is 7.60. The molecule has 2 aliphatic heterocycles. The lowest BCUT2D eigenvalue weighted by atomic mass is 10.2. The molecule has 0 radical (unpaired) electrons. The smallest absolute Gasteiger partial charge is 0.231 e. The highest BCUT2D eigenvalue weighted by Crippen LogP contribution is 2.33. The Labute approximate surface area is 144 Å². The van der Waals surface area contributed by atoms with Gasteiger partial charge in [-0.3, -0.25) is 0 Å². The van der Waals surface area contributed by atoms with Gasteiger partial charge in [-0.25, -0.2) is 0 Å². The summed E-state index contributed by atoms with van der Waals surface area (Å²) in [5.41, 5.74) is 1.99. The van der Waals surface area contributed by atoms with Crippen LogP contribution in [0, 0.1) is 0 Å². The quantitative estimate of drug-likeness (QED) is 0.538. The molecule has 0 saturated heterocycles. The van der Waals surface area contributed by atoms with Crippen molar-refractivity contribution in [2.75, 3.05) is 27.2 Å². The molecule has 2 aromatic carbocycles. The highest BCUT2D eigenvalue weighted by atomic mass is 16.7. The maximum Gasteiger partial charge on any atom is 0.231 e. The molecule has 0 N–H and O–H groups in total. The molecule has 0 saturated carbocycles. The lowest BCUT2D eigenvalue weighted by molar-refractivity contribution is -0.139. The molecule has 0 aliphatic carbocycles. The van der Waals surface area contributed by atoms with Crippen molar-refractivity contribution < 1.29 is 33.2 Å². The van der Waals surface area contributed by atoms with Crippen LogP contribution in [0.4, 0.5) is 0 Å². The number of fused-ring (bicyclic) bond motifs is 2. The molecule has 0 aromatic heterocycles. The van der Waals surface area contributed by atoms with Crippen molar-refractivity contribution in [1.29, 1.82) is 0 Å². The van der Waals surface area contributed by atoms with Crippen LogP contribution in [0.25, 0.3) is 0 Å². The predicted octanol–water partition coefficient (Wildman–Crippen LogP) is 2.81. The van der Waals surface area contributed by atoms with Gasteiger partial charge in [0.25, 0.3) is 0 Å². The van der Waals surface area contributed by atoms with E-state index in [0.717, 1.165) is 34.1 Å². The van der Waals surface area contributed by atoms with E-state index in [2.05, 4.69) is 0 Å². The molecule has 2 heterocycles. The summed E-state index contributed by atoms with van der Waals surface area (Å²) in [7, 11) is 0. The summed E-state index contributed by atoms with van der Waals surface area (Å²) in [6, 6.07) is 11.4. The van der Waals surface area contributed by atoms with E-state index in [1.807, 2.05) is 36.4 Å². The predicted molar refractivity (Wildman–Crippen MR) is 85.5 cm³/mol. The lowest BCUT2D eigenvalue weighted by Crippen LogP contribution is -2.05. The van der Waals surface area contributed by atoms with E-state index in [4.69, 9.17) is 33.2 Å². The zero-order valence-corrected chi connectivity index (χ0v) is 13.6. The Kier molecular flexibility index (Phi) is 4.87. The molecule has 2 aliphatic rings. The van der Waals surface area contributed by atoms with Gasteiger partial charge in [0.2, 0.25) is 13.6 Å². The fourth-order valence-corrected chi connectivity index (χ4v) is 2.53. The summed E-state index contributed by atoms with van der Waals surface area (Å²) >= 11 is 0. The summed E-state index contributed by atoms with van der Waals surface area (Å²) in [6.45, 7) is 1.69. The molecule has 0 amide bonds. The van der Waals surface area contributed by atoms with Crippen molar-refractivity contribution >= 4 is 0 Å². The van der Waals surface area contributed by atoms with Crippen LogP contribution in [-0.4, -0.2) is 27.2 Å². The van der Waals surface area contributed by atoms with Crippen LogP contribution >= 0.6 is 0 Å². The fraction of sp³-hybridized carbons (Fsp3) is 0.333. The first-order chi connectivity index (χ1) is 12.4. The largest absolute Gasteiger partial charge is 0.454 e. The summed E-state index contributed by atoms with van der Waals surface area (Å²) in [4.78, 5) is 0. The minimum atomic E-state index is 0.148. The Morgan fingerprint density at radius 3 is 1.60 bits per heavy atom. The maximum atomic E-state index is 5.46. The lowest BCUT2D eigenvalue weighted by Gasteiger charge is -2.08. The highest BCUT2D eigenvalue weighted by Gasteiger charge is 2.14. The summed E-state index contributed by atoms with van der Waals surface area (Å²) in [6.07, 6.45) is 0. The van der Waals surface area contributed by atoms with Gasteiger partial charge in [0.15, 0.2) is 23.0 Å². The Hall–Kier alpha value is -2.48. The van der Waals surface area contributed by atoms with E-state index in [1.165, 1.54) is 0 Å². The molecular formula is C18H18O7. The van der Waals surface area contributed by atoms with Crippen LogP contribution in [0.5, 0.6) is 23.0 Å². The second-order valence-electron chi connectivity index (χ2n) is 5.51. The molecule has 25 heavy (non-hydrogen) atoms. The van der Waals surface area contributed by atoms with E-state index in [0.29, 0.717) is 13.2 Å². The third-order valence-electron chi connectivity index (χ3n) is 3.74. The van der Waals surface area contributed by atoms with Crippen molar-refractivity contribution in [3.63, 3.8) is 0 Å². The van der Waals surface area contributed by atoms with Crippen LogP contribution in [0.1, 0.15) is 11.1 Å². The molecule has 2 aromatic rings. The minimum Gasteiger partial charge on any atom is -0.454 e. The molecular weight excluding hydrogens is 328 g/mol. The van der Waals surface area contributed by atoms with Crippen LogP contribution in [0.2, 0.25) is 0 Å². The van der Waals surface area contributed by atoms with Crippen molar-refractivity contribution in [2.24, 2.45) is 0 Å². The van der Waals surface area contributed by atoms with Gasteiger partial charge in [-0.15, -0.1) is 0 Å². The Morgan fingerprint density at radius 2 is 1.08 bits per heavy atom. The van der Waals surface area contributed by atoms with Gasteiger partial charge in [-0.1, -0.05) is 12.1 Å². The maximum absolute atomic E-state index is 5.46. The number of benzene rings is 2. The van der Waals surface area contributed by atoms with Crippen molar-refractivity contribution in [3.8, 4) is 23.0 Å². The SMILES string of the molecule is c1cc2c(cc1COCOCOCc1ccc3c(c1)OCO3)OCO2. The summed E-state index contributed by atoms with van der Waals surface area (Å²) < 4.78 is 37.4. The number of rotatable bonds is 8. The Bertz CT molecular complexity index is 670. The average molecular weight is 346 g/mol. The molecule has 0 bridgehead atoms. The molecule has 132 valence electrons. The molecule has 0 atom stereocenters. The van der Waals surface area contributed by atoms with Crippen molar-refractivity contribution in [3.05, 3.63) is 47.5 Å². The monoisotopic (exact) mass is 346 g/mol. The highest BCUT2D eigenvalue weighted by molar-refractivity contribution is 5.45. The molecule has 0 spiro atoms. The summed E-state index contributed by atoms with van der Waals surface area (Å²) in [5, 5.41) is 0. The average Bonchev–Trinajstić information content (AvgIpc) is 3.29. The first kappa shape index (κ1) is 16.0. The van der Waals surface area contributed by atoms with Gasteiger partial charge < -0.3 is 33.2 Å². The molecule has 7 heteroatoms. The van der Waals surface area contributed by atoms with Crippen LogP contribution in [-0.2, 0) is 27.4 Å². The first-order valence-electron chi connectivity index (χ1n) is 7.89. The second-order valence-corrected chi connectivity index (χ2v) is 5.51. The number of ether oxygens (including phenoxy) is 7. The van der Waals surface area contributed by atoms with Crippen molar-refractivity contribution in [2.45, 2.75) is 13.2 Å². The third kappa shape index (κ3) is 3.96. The van der Waals surface area contributed by atoms with Crippen LogP contribution in [0.15, 0.2) is 36.4 Å². The van der Waals surface area contributed by atoms with E-state index in [-0.39, 0.29) is 27.2 Å². The molecule has 0 unspecified atom stereocenters. The van der Waals surface area contributed by atoms with Gasteiger partial charge >= 0.3 is 0 Å². The van der Waals surface area contributed by atoms with Gasteiger partial charge in [0.1, 0.15) is 13.6 Å². The first-order valence-corrected chi connectivity index (χ1v) is 7.89. The van der Waals surface area contributed by atoms with Gasteiger partial charge in [0.05, 0.1) is 13.2 Å². The Balaban J connectivity index is 1.11. The van der Waals surface area contributed by atoms with Gasteiger partial charge in [0, 0.05) is 0 Å². The zero-order chi connectivity index (χ0) is 16.9. The van der Waals surface area contributed by atoms with Gasteiger partial charge in [-0.2, -0.15) is 0 Å². The molecule has 4 rings (SSSR count). The number of hydrogen-bond donors (Lipinski definition) is 0. The van der Waals surface area contributed by atoms with Gasteiger partial charge in [-0.05, 0) is 35.4 Å².